The average Bonchev–Trinajstić information content (AvgIpc) is 3.08. The molecule has 2 aromatic carbocycles. The fraction of sp³-hybridized carbons (Fsp3) is 0.222. The zero-order valence-electron chi connectivity index (χ0n) is 13.5. The van der Waals surface area contributed by atoms with Crippen LogP contribution in [0.15, 0.2) is 42.5 Å². The number of hydrogen-bond donors (Lipinski definition) is 2. The number of nitrogens with two attached hydrogens (primary N) is 1. The van der Waals surface area contributed by atoms with Crippen molar-refractivity contribution in [2.45, 2.75) is 6.42 Å². The molecule has 0 atom stereocenters. The summed E-state index contributed by atoms with van der Waals surface area (Å²) in [6.07, 6.45) is 0.683. The van der Waals surface area contributed by atoms with Crippen molar-refractivity contribution in [3.63, 3.8) is 0 Å². The Morgan fingerprint density at radius 3 is 2.60 bits per heavy atom. The van der Waals surface area contributed by atoms with Gasteiger partial charge in [0.2, 0.25) is 6.79 Å². The summed E-state index contributed by atoms with van der Waals surface area (Å²) in [7, 11) is 0. The van der Waals surface area contributed by atoms with Crippen molar-refractivity contribution in [1.82, 2.24) is 5.32 Å². The first kappa shape index (κ1) is 16.6. The molecule has 7 heteroatoms. The van der Waals surface area contributed by atoms with E-state index in [1.54, 1.807) is 24.3 Å². The van der Waals surface area contributed by atoms with Gasteiger partial charge in [0.25, 0.3) is 11.8 Å². The van der Waals surface area contributed by atoms with Gasteiger partial charge < -0.3 is 25.3 Å². The lowest BCUT2D eigenvalue weighted by atomic mass is 10.1. The molecule has 0 fully saturated rings. The fourth-order valence-electron chi connectivity index (χ4n) is 2.38. The average molecular weight is 342 g/mol. The van der Waals surface area contributed by atoms with Crippen LogP contribution in [0.2, 0.25) is 0 Å². The number of benzene rings is 2. The molecule has 0 radical (unpaired) electrons. The Hall–Kier alpha value is -3.22. The molecule has 2 amide bonds. The van der Waals surface area contributed by atoms with Crippen molar-refractivity contribution in [2.75, 3.05) is 19.9 Å². The summed E-state index contributed by atoms with van der Waals surface area (Å²) in [5.41, 5.74) is 6.57. The number of carbonyl (C=O) groups excluding carboxylic acids is 2. The van der Waals surface area contributed by atoms with Crippen LogP contribution in [-0.2, 0) is 11.2 Å². The summed E-state index contributed by atoms with van der Waals surface area (Å²) in [5.74, 6) is 1.23. The van der Waals surface area contributed by atoms with Crippen LogP contribution >= 0.6 is 0 Å². The number of carbonyl (C=O) groups is 2. The van der Waals surface area contributed by atoms with Gasteiger partial charge in [0, 0.05) is 12.1 Å². The highest BCUT2D eigenvalue weighted by Gasteiger charge is 2.13. The lowest BCUT2D eigenvalue weighted by Gasteiger charge is -2.07. The number of rotatable bonds is 7. The number of nitrogens with one attached hydrogen (secondary N) is 1. The third-order valence-electron chi connectivity index (χ3n) is 3.63. The largest absolute Gasteiger partial charge is 0.484 e. The van der Waals surface area contributed by atoms with Gasteiger partial charge in [-0.25, -0.2) is 0 Å². The number of amides is 2. The Labute approximate surface area is 144 Å². The molecule has 0 saturated heterocycles. The Bertz CT molecular complexity index is 774. The Balaban J connectivity index is 1.48. The Morgan fingerprint density at radius 2 is 1.84 bits per heavy atom. The van der Waals surface area contributed by atoms with Gasteiger partial charge in [0.15, 0.2) is 18.1 Å². The van der Waals surface area contributed by atoms with Gasteiger partial charge in [-0.05, 0) is 48.4 Å². The molecule has 2 aromatic rings. The standard InChI is InChI=1S/C18H18N2O5/c19-17(21)10-23-14-4-2-13(3-5-14)18(22)20-8-7-12-1-6-15-16(9-12)25-11-24-15/h1-6,9H,7-8,10-11H2,(H2,19,21)(H,20,22). The predicted octanol–water partition coefficient (Wildman–Crippen LogP) is 1.25. The molecule has 3 rings (SSSR count). The van der Waals surface area contributed by atoms with E-state index in [4.69, 9.17) is 19.9 Å². The van der Waals surface area contributed by atoms with Crippen LogP contribution in [0.4, 0.5) is 0 Å². The predicted molar refractivity (Wildman–Crippen MR) is 89.7 cm³/mol. The molecular formula is C18H18N2O5. The second-order valence-corrected chi connectivity index (χ2v) is 5.47. The van der Waals surface area contributed by atoms with Crippen LogP contribution in [0.3, 0.4) is 0 Å². The monoisotopic (exact) mass is 342 g/mol. The Morgan fingerprint density at radius 1 is 1.08 bits per heavy atom. The molecule has 0 aromatic heterocycles. The number of fused-ring (bicyclic) bond motifs is 1. The maximum absolute atomic E-state index is 12.1. The van der Waals surface area contributed by atoms with E-state index in [0.29, 0.717) is 24.3 Å². The zero-order valence-corrected chi connectivity index (χ0v) is 13.5. The maximum Gasteiger partial charge on any atom is 0.255 e. The highest BCUT2D eigenvalue weighted by molar-refractivity contribution is 5.94. The van der Waals surface area contributed by atoms with Crippen molar-refractivity contribution >= 4 is 11.8 Å². The molecule has 0 saturated carbocycles. The number of hydrogen-bond acceptors (Lipinski definition) is 5. The van der Waals surface area contributed by atoms with Gasteiger partial charge in [-0.1, -0.05) is 6.07 Å². The lowest BCUT2D eigenvalue weighted by molar-refractivity contribution is -0.119. The molecule has 25 heavy (non-hydrogen) atoms. The smallest absolute Gasteiger partial charge is 0.255 e. The second kappa shape index (κ2) is 7.57. The van der Waals surface area contributed by atoms with Crippen LogP contribution in [0.5, 0.6) is 17.2 Å². The van der Waals surface area contributed by atoms with Gasteiger partial charge in [-0.15, -0.1) is 0 Å². The molecule has 130 valence electrons. The fourth-order valence-corrected chi connectivity index (χ4v) is 2.38. The first-order valence-electron chi connectivity index (χ1n) is 7.80. The third kappa shape index (κ3) is 4.41. The third-order valence-corrected chi connectivity index (χ3v) is 3.63. The summed E-state index contributed by atoms with van der Waals surface area (Å²) < 4.78 is 15.7. The van der Waals surface area contributed by atoms with Gasteiger partial charge in [-0.2, -0.15) is 0 Å². The number of ether oxygens (including phenoxy) is 3. The van der Waals surface area contributed by atoms with Gasteiger partial charge in [-0.3, -0.25) is 9.59 Å². The van der Waals surface area contributed by atoms with Gasteiger partial charge >= 0.3 is 0 Å². The van der Waals surface area contributed by atoms with Gasteiger partial charge in [0.1, 0.15) is 5.75 Å². The quantitative estimate of drug-likeness (QED) is 0.789. The molecular weight excluding hydrogens is 324 g/mol. The van der Waals surface area contributed by atoms with Crippen molar-refractivity contribution in [2.24, 2.45) is 5.73 Å². The summed E-state index contributed by atoms with van der Waals surface area (Å²) in [6.45, 7) is 0.550. The Kier molecular flexibility index (Phi) is 5.03. The minimum absolute atomic E-state index is 0.179. The van der Waals surface area contributed by atoms with Crippen LogP contribution in [0, 0.1) is 0 Å². The highest BCUT2D eigenvalue weighted by Crippen LogP contribution is 2.32. The highest BCUT2D eigenvalue weighted by atomic mass is 16.7. The van der Waals surface area contributed by atoms with E-state index in [1.165, 1.54) is 0 Å². The molecule has 1 heterocycles. The van der Waals surface area contributed by atoms with Crippen LogP contribution in [0.1, 0.15) is 15.9 Å². The SMILES string of the molecule is NC(=O)COc1ccc(C(=O)NCCc2ccc3c(c2)OCO3)cc1. The van der Waals surface area contributed by atoms with Crippen LogP contribution in [0.25, 0.3) is 0 Å². The maximum atomic E-state index is 12.1. The first-order chi connectivity index (χ1) is 12.1. The summed E-state index contributed by atoms with van der Waals surface area (Å²) in [4.78, 5) is 22.8. The summed E-state index contributed by atoms with van der Waals surface area (Å²) in [5, 5.41) is 2.86. The second-order valence-electron chi connectivity index (χ2n) is 5.47. The van der Waals surface area contributed by atoms with E-state index in [1.807, 2.05) is 18.2 Å². The molecule has 3 N–H and O–H groups in total. The number of primary amides is 1. The van der Waals surface area contributed by atoms with E-state index in [2.05, 4.69) is 5.32 Å². The molecule has 1 aliphatic heterocycles. The van der Waals surface area contributed by atoms with E-state index in [-0.39, 0.29) is 19.3 Å². The molecule has 1 aliphatic rings. The summed E-state index contributed by atoms with van der Waals surface area (Å²) in [6, 6.07) is 12.2. The molecule has 7 nitrogen and oxygen atoms in total. The lowest BCUT2D eigenvalue weighted by Crippen LogP contribution is -2.25. The molecule has 0 aliphatic carbocycles. The minimum Gasteiger partial charge on any atom is -0.484 e. The molecule has 0 bridgehead atoms. The van der Waals surface area contributed by atoms with Crippen molar-refractivity contribution in [1.29, 1.82) is 0 Å². The van der Waals surface area contributed by atoms with E-state index >= 15 is 0 Å². The van der Waals surface area contributed by atoms with E-state index in [9.17, 15) is 9.59 Å². The molecule has 0 unspecified atom stereocenters. The van der Waals surface area contributed by atoms with Crippen LogP contribution in [-0.4, -0.2) is 31.8 Å². The topological polar surface area (TPSA) is 99.9 Å². The summed E-state index contributed by atoms with van der Waals surface area (Å²) >= 11 is 0. The van der Waals surface area contributed by atoms with Crippen molar-refractivity contribution in [3.8, 4) is 17.2 Å². The van der Waals surface area contributed by atoms with Crippen molar-refractivity contribution < 1.29 is 23.8 Å². The zero-order chi connectivity index (χ0) is 17.6. The molecule has 0 spiro atoms. The van der Waals surface area contributed by atoms with Gasteiger partial charge in [0.05, 0.1) is 0 Å². The normalized spacial score (nSPS) is 11.8. The van der Waals surface area contributed by atoms with E-state index < -0.39 is 5.91 Å². The van der Waals surface area contributed by atoms with Crippen molar-refractivity contribution in [3.05, 3.63) is 53.6 Å². The van der Waals surface area contributed by atoms with Crippen LogP contribution < -0.4 is 25.3 Å². The minimum atomic E-state index is -0.551. The first-order valence-corrected chi connectivity index (χ1v) is 7.80. The van der Waals surface area contributed by atoms with E-state index in [0.717, 1.165) is 17.1 Å².